The number of anilines is 2. The number of hydrogen-bond donors (Lipinski definition) is 1. The minimum absolute atomic E-state index is 0.0939. The molecule has 3 aliphatic rings. The Morgan fingerprint density at radius 2 is 2.03 bits per heavy atom. The molecular weight excluding hydrogens is 420 g/mol. The molecule has 2 aromatic rings. The highest BCUT2D eigenvalue weighted by atomic mass is 35.5. The van der Waals surface area contributed by atoms with E-state index < -0.39 is 5.41 Å². The van der Waals surface area contributed by atoms with Crippen LogP contribution in [0.15, 0.2) is 36.4 Å². The highest BCUT2D eigenvalue weighted by Gasteiger charge is 2.51. The van der Waals surface area contributed by atoms with E-state index in [1.165, 1.54) is 16.8 Å². The molecule has 32 heavy (non-hydrogen) atoms. The van der Waals surface area contributed by atoms with Crippen LogP contribution in [0.5, 0.6) is 5.75 Å². The van der Waals surface area contributed by atoms with Gasteiger partial charge in [0.1, 0.15) is 5.75 Å². The zero-order valence-electron chi connectivity index (χ0n) is 19.3. The Kier molecular flexibility index (Phi) is 5.40. The van der Waals surface area contributed by atoms with Gasteiger partial charge < -0.3 is 15.0 Å². The van der Waals surface area contributed by atoms with Gasteiger partial charge in [-0.1, -0.05) is 32.9 Å². The van der Waals surface area contributed by atoms with Crippen LogP contribution in [0, 0.1) is 5.41 Å². The van der Waals surface area contributed by atoms with E-state index in [-0.39, 0.29) is 11.3 Å². The van der Waals surface area contributed by atoms with Crippen molar-refractivity contribution >= 4 is 28.9 Å². The summed E-state index contributed by atoms with van der Waals surface area (Å²) in [5.41, 5.74) is 5.55. The lowest BCUT2D eigenvalue weighted by Gasteiger charge is -2.38. The molecule has 1 fully saturated rings. The fourth-order valence-corrected chi connectivity index (χ4v) is 5.56. The van der Waals surface area contributed by atoms with Gasteiger partial charge in [-0.15, -0.1) is 11.6 Å². The van der Waals surface area contributed by atoms with Gasteiger partial charge in [0.25, 0.3) is 0 Å². The molecule has 5 rings (SSSR count). The number of nitrogens with zero attached hydrogens (tertiary/aromatic N) is 1. The standard InChI is InChI=1S/C27H33ClN2O2/c1-4-26(2,3)24-16-19-15-21(7-8-22(19)30(24)13-12-28)29-25(31)27(10-11-27)20-6-5-18-9-14-32-23(18)17-20/h5-8,15,17,24H,4,9-14,16H2,1-3H3,(H,29,31). The molecule has 1 N–H and O–H groups in total. The molecule has 0 radical (unpaired) electrons. The molecule has 0 spiro atoms. The molecule has 1 amide bonds. The number of benzene rings is 2. The lowest BCUT2D eigenvalue weighted by molar-refractivity contribution is -0.118. The second kappa shape index (κ2) is 7.98. The second-order valence-electron chi connectivity index (χ2n) is 10.2. The third kappa shape index (κ3) is 3.57. The van der Waals surface area contributed by atoms with Gasteiger partial charge in [0.15, 0.2) is 0 Å². The molecule has 1 unspecified atom stereocenters. The summed E-state index contributed by atoms with van der Waals surface area (Å²) in [4.78, 5) is 15.8. The van der Waals surface area contributed by atoms with Crippen LogP contribution in [-0.4, -0.2) is 31.0 Å². The third-order valence-corrected chi connectivity index (χ3v) is 8.18. The predicted octanol–water partition coefficient (Wildman–Crippen LogP) is 5.70. The first-order chi connectivity index (χ1) is 15.4. The Morgan fingerprint density at radius 3 is 2.75 bits per heavy atom. The quantitative estimate of drug-likeness (QED) is 0.548. The van der Waals surface area contributed by atoms with Crippen LogP contribution in [0.2, 0.25) is 0 Å². The maximum Gasteiger partial charge on any atom is 0.235 e. The van der Waals surface area contributed by atoms with Gasteiger partial charge in [0, 0.05) is 36.3 Å². The van der Waals surface area contributed by atoms with Crippen molar-refractivity contribution in [2.45, 2.75) is 64.3 Å². The van der Waals surface area contributed by atoms with Gasteiger partial charge in [0.05, 0.1) is 12.0 Å². The molecule has 2 aromatic carbocycles. The molecular formula is C27H33ClN2O2. The van der Waals surface area contributed by atoms with Crippen LogP contribution in [0.1, 0.15) is 56.7 Å². The second-order valence-corrected chi connectivity index (χ2v) is 10.6. The van der Waals surface area contributed by atoms with Gasteiger partial charge >= 0.3 is 0 Å². The molecule has 0 aromatic heterocycles. The fraction of sp³-hybridized carbons (Fsp3) is 0.519. The minimum Gasteiger partial charge on any atom is -0.493 e. The summed E-state index contributed by atoms with van der Waals surface area (Å²) < 4.78 is 5.74. The Labute approximate surface area is 196 Å². The zero-order valence-corrected chi connectivity index (χ0v) is 20.1. The minimum atomic E-state index is -0.419. The van der Waals surface area contributed by atoms with Gasteiger partial charge in [-0.05, 0) is 72.1 Å². The Bertz CT molecular complexity index is 1040. The maximum atomic E-state index is 13.4. The number of amides is 1. The summed E-state index contributed by atoms with van der Waals surface area (Å²) >= 11 is 6.15. The molecule has 1 atom stereocenters. The van der Waals surface area contributed by atoms with Crippen LogP contribution >= 0.6 is 11.6 Å². The summed E-state index contributed by atoms with van der Waals surface area (Å²) in [5.74, 6) is 1.65. The predicted molar refractivity (Wildman–Crippen MR) is 131 cm³/mol. The first-order valence-corrected chi connectivity index (χ1v) is 12.4. The SMILES string of the molecule is CCC(C)(C)C1Cc2cc(NC(=O)C3(c4ccc5c(c4)OCC5)CC3)ccc2N1CCCl. The number of carbonyl (C=O) groups is 1. The lowest BCUT2D eigenvalue weighted by Crippen LogP contribution is -2.44. The summed E-state index contributed by atoms with van der Waals surface area (Å²) in [5, 5.41) is 3.23. The van der Waals surface area contributed by atoms with E-state index in [1.807, 2.05) is 6.07 Å². The van der Waals surface area contributed by atoms with Crippen LogP contribution < -0.4 is 15.0 Å². The van der Waals surface area contributed by atoms with E-state index in [0.29, 0.717) is 11.9 Å². The smallest absolute Gasteiger partial charge is 0.235 e. The molecule has 1 aliphatic carbocycles. The highest BCUT2D eigenvalue weighted by Crippen LogP contribution is 2.50. The van der Waals surface area contributed by atoms with Crippen molar-refractivity contribution in [1.29, 1.82) is 0 Å². The normalized spacial score (nSPS) is 20.5. The van der Waals surface area contributed by atoms with Crippen molar-refractivity contribution in [2.24, 2.45) is 5.41 Å². The number of carbonyl (C=O) groups excluding carboxylic acids is 1. The third-order valence-electron chi connectivity index (χ3n) is 8.01. The van der Waals surface area contributed by atoms with E-state index in [4.69, 9.17) is 16.3 Å². The maximum absolute atomic E-state index is 13.4. The van der Waals surface area contributed by atoms with Gasteiger partial charge in [-0.25, -0.2) is 0 Å². The van der Waals surface area contributed by atoms with Crippen LogP contribution in [0.4, 0.5) is 11.4 Å². The molecule has 0 bridgehead atoms. The zero-order chi connectivity index (χ0) is 22.5. The highest BCUT2D eigenvalue weighted by molar-refractivity contribution is 6.18. The first kappa shape index (κ1) is 21.6. The lowest BCUT2D eigenvalue weighted by atomic mass is 9.80. The monoisotopic (exact) mass is 452 g/mol. The van der Waals surface area contributed by atoms with E-state index in [0.717, 1.165) is 62.3 Å². The van der Waals surface area contributed by atoms with E-state index >= 15 is 0 Å². The van der Waals surface area contributed by atoms with E-state index in [1.54, 1.807) is 0 Å². The number of ether oxygens (including phenoxy) is 1. The van der Waals surface area contributed by atoms with Crippen LogP contribution in [0.25, 0.3) is 0 Å². The molecule has 2 aliphatic heterocycles. The van der Waals surface area contributed by atoms with E-state index in [2.05, 4.69) is 61.3 Å². The fourth-order valence-electron chi connectivity index (χ4n) is 5.38. The molecule has 5 heteroatoms. The van der Waals surface area contributed by atoms with E-state index in [9.17, 15) is 4.79 Å². The molecule has 1 saturated carbocycles. The summed E-state index contributed by atoms with van der Waals surface area (Å²) in [7, 11) is 0. The summed E-state index contributed by atoms with van der Waals surface area (Å²) in [6.07, 6.45) is 4.84. The largest absolute Gasteiger partial charge is 0.493 e. The van der Waals surface area contributed by atoms with Gasteiger partial charge in [-0.3, -0.25) is 4.79 Å². The van der Waals surface area contributed by atoms with Crippen LogP contribution in [0.3, 0.4) is 0 Å². The van der Waals surface area contributed by atoms with Crippen LogP contribution in [-0.2, 0) is 23.1 Å². The summed E-state index contributed by atoms with van der Waals surface area (Å²) in [6, 6.07) is 13.1. The molecule has 170 valence electrons. The number of nitrogens with one attached hydrogen (secondary N) is 1. The van der Waals surface area contributed by atoms with Crippen molar-refractivity contribution in [3.63, 3.8) is 0 Å². The first-order valence-electron chi connectivity index (χ1n) is 11.9. The van der Waals surface area contributed by atoms with Crippen molar-refractivity contribution in [3.05, 3.63) is 53.1 Å². The Morgan fingerprint density at radius 1 is 1.22 bits per heavy atom. The topological polar surface area (TPSA) is 41.6 Å². The van der Waals surface area contributed by atoms with Crippen molar-refractivity contribution in [1.82, 2.24) is 0 Å². The van der Waals surface area contributed by atoms with Gasteiger partial charge in [0.2, 0.25) is 5.91 Å². The van der Waals surface area contributed by atoms with Crippen molar-refractivity contribution in [3.8, 4) is 5.75 Å². The summed E-state index contributed by atoms with van der Waals surface area (Å²) in [6.45, 7) is 8.52. The Balaban J connectivity index is 1.36. The average molecular weight is 453 g/mol. The molecule has 2 heterocycles. The van der Waals surface area contributed by atoms with Crippen molar-refractivity contribution in [2.75, 3.05) is 29.2 Å². The average Bonchev–Trinajstić information content (AvgIpc) is 3.33. The Hall–Kier alpha value is -2.20. The number of alkyl halides is 1. The number of rotatable bonds is 7. The molecule has 4 nitrogen and oxygen atoms in total. The number of fused-ring (bicyclic) bond motifs is 2. The molecule has 0 saturated heterocycles. The number of halogens is 1. The van der Waals surface area contributed by atoms with Gasteiger partial charge in [-0.2, -0.15) is 0 Å². The number of hydrogen-bond acceptors (Lipinski definition) is 3. The van der Waals surface area contributed by atoms with Crippen molar-refractivity contribution < 1.29 is 9.53 Å².